The van der Waals surface area contributed by atoms with Gasteiger partial charge in [-0.2, -0.15) is 0 Å². The van der Waals surface area contributed by atoms with E-state index in [1.54, 1.807) is 269 Å². The first-order valence-corrected chi connectivity index (χ1v) is 51.6. The van der Waals surface area contributed by atoms with Crippen molar-refractivity contribution < 1.29 is 86.1 Å². The molecule has 0 bridgehead atoms. The quantitative estimate of drug-likeness (QED) is 0.00515. The van der Waals surface area contributed by atoms with E-state index in [2.05, 4.69) is 38.8 Å². The number of oxime groups is 5. The maximum absolute atomic E-state index is 13.5. The molecule has 0 aliphatic heterocycles. The van der Waals surface area contributed by atoms with Crippen LogP contribution < -0.4 is 4.74 Å². The first-order chi connectivity index (χ1) is 68.3. The van der Waals surface area contributed by atoms with Crippen molar-refractivity contribution in [3.05, 3.63) is 380 Å². The molecule has 30 heteroatoms. The van der Waals surface area contributed by atoms with Crippen molar-refractivity contribution in [1.29, 1.82) is 0 Å². The molecular formula is C112H111ClFN5O17S6. The minimum atomic E-state index is -0.744. The number of ether oxygens (including phenoxy) is 1. The van der Waals surface area contributed by atoms with Gasteiger partial charge in [0, 0.05) is 80.1 Å². The van der Waals surface area contributed by atoms with E-state index in [9.17, 15) is 57.1 Å². The summed E-state index contributed by atoms with van der Waals surface area (Å²) in [5.74, 6) is -4.65. The molecule has 12 aromatic rings. The molecule has 0 saturated heterocycles. The normalized spacial score (nSPS) is 11.2. The van der Waals surface area contributed by atoms with Gasteiger partial charge in [-0.1, -0.05) is 209 Å². The second-order valence-electron chi connectivity index (χ2n) is 31.8. The molecule has 0 heterocycles. The fourth-order valence-corrected chi connectivity index (χ4v) is 17.5. The van der Waals surface area contributed by atoms with E-state index in [0.717, 1.165) is 87.8 Å². The molecule has 12 rings (SSSR count). The summed E-state index contributed by atoms with van der Waals surface area (Å²) in [4.78, 5) is 170. The highest BCUT2D eigenvalue weighted by Crippen LogP contribution is 2.34. The van der Waals surface area contributed by atoms with E-state index in [4.69, 9.17) is 40.5 Å². The molecule has 0 atom stereocenters. The van der Waals surface area contributed by atoms with Crippen molar-refractivity contribution in [2.75, 3.05) is 44.5 Å². The van der Waals surface area contributed by atoms with Crippen molar-refractivity contribution in [2.24, 2.45) is 31.2 Å². The van der Waals surface area contributed by atoms with Crippen LogP contribution in [-0.4, -0.2) is 138 Å². The number of carbonyl (C=O) groups excluding carboxylic acids is 11. The zero-order valence-corrected chi connectivity index (χ0v) is 87.5. The number of thioether (sulfide) groups is 5. The van der Waals surface area contributed by atoms with E-state index in [-0.39, 0.29) is 51.4 Å². The Hall–Kier alpha value is -13.5. The van der Waals surface area contributed by atoms with Crippen LogP contribution in [0.15, 0.2) is 351 Å². The fraction of sp³-hybridized carbons (Fsp3) is 0.214. The molecule has 0 fully saturated rings. The second kappa shape index (κ2) is 60.6. The molecule has 0 radical (unpaired) electrons. The standard InChI is InChI=1S/C25H23NO4S.C24H29NO3S.C23H17NO4S.C22H25NO3S2.C17H14ClNO3S.CH3F/c1-16-14-21(31-4)15-17(2)22(16)24(27)23(18-8-6-5-7-9-18)26-30-25(28)19-10-12-20(29-3)13-11-19;1-5-6-7-11-14-21(25-28-24(27)19-12-9-8-10-13-19)22(26)20-16-17(2)15-18(3)23(20)29-4;1-16(25)21(24-28-23(27)18-8-4-2-5-9-18)22(26)17-12-14-20(15-13-17)29-19-10-6-3-7-11-19;1-14-12-17(27-5)18(28-6)13-16(14)20(24)19(15-10-8-7-9-11-15)23-26-21(25)22(2,3)4;1-12(19-22-17(21)14-5-3-2-4-6-14)16(20)13-7-9-15(10-8-13)23-11-18;1-2/h5-15H,1-4H3;8-10,12-13,15-16H,5-7,11,14H2,1-4H3;2-15H,1H3;7-13H,1-6H3;2-10H,11H2,1H3;1H3/b26-23+;25-21+;24-21+;23-19+;19-12+;. The third-order valence-electron chi connectivity index (χ3n) is 20.3. The van der Waals surface area contributed by atoms with Gasteiger partial charge in [-0.15, -0.1) is 70.4 Å². The molecule has 142 heavy (non-hydrogen) atoms. The van der Waals surface area contributed by atoms with Gasteiger partial charge >= 0.3 is 29.8 Å². The molecule has 0 amide bonds. The Labute approximate surface area is 859 Å². The van der Waals surface area contributed by atoms with Gasteiger partial charge in [0.2, 0.25) is 28.9 Å². The molecule has 0 saturated carbocycles. The van der Waals surface area contributed by atoms with Gasteiger partial charge in [0.25, 0.3) is 0 Å². The molecule has 0 aliphatic rings. The summed E-state index contributed by atoms with van der Waals surface area (Å²) in [6.45, 7) is 19.7. The van der Waals surface area contributed by atoms with Crippen LogP contribution in [0, 0.1) is 40.0 Å². The number of unbranched alkanes of at least 4 members (excludes halogenated alkanes) is 3. The number of nitrogens with zero attached hydrogens (tertiary/aromatic N) is 5. The third kappa shape index (κ3) is 36.2. The summed E-state index contributed by atoms with van der Waals surface area (Å²) in [7, 11) is 2.05. The lowest BCUT2D eigenvalue weighted by Crippen LogP contribution is -2.23. The molecule has 736 valence electrons. The Kier molecular flexibility index (Phi) is 49.3. The van der Waals surface area contributed by atoms with Crippen molar-refractivity contribution >= 4 is 175 Å². The van der Waals surface area contributed by atoms with Crippen molar-refractivity contribution in [3.63, 3.8) is 0 Å². The molecule has 0 aromatic heterocycles. The van der Waals surface area contributed by atoms with Crippen LogP contribution in [0.2, 0.25) is 0 Å². The summed E-state index contributed by atoms with van der Waals surface area (Å²) < 4.78 is 14.6. The number of halogens is 2. The third-order valence-corrected chi connectivity index (χ3v) is 25.7. The predicted octanol–water partition coefficient (Wildman–Crippen LogP) is 27.3. The number of alkyl halides is 2. The number of Topliss-reactive ketones (excluding diaryl/α,β-unsaturated/α-hetero) is 6. The Bertz CT molecular complexity index is 6450. The van der Waals surface area contributed by atoms with Crippen LogP contribution in [0.1, 0.15) is 206 Å². The molecule has 22 nitrogen and oxygen atoms in total. The van der Waals surface area contributed by atoms with Gasteiger partial charge in [0.1, 0.15) is 17.2 Å². The molecule has 0 aliphatic carbocycles. The number of carbonyl (C=O) groups is 11. The highest BCUT2D eigenvalue weighted by Gasteiger charge is 2.29. The van der Waals surface area contributed by atoms with E-state index in [1.165, 1.54) is 25.6 Å². The van der Waals surface area contributed by atoms with E-state index in [1.807, 2.05) is 163 Å². The summed E-state index contributed by atoms with van der Waals surface area (Å²) in [5.41, 5.74) is 9.11. The number of aryl methyl sites for hydroxylation is 5. The molecule has 0 N–H and O–H groups in total. The first kappa shape index (κ1) is 115. The van der Waals surface area contributed by atoms with E-state index < -0.39 is 52.5 Å². The van der Waals surface area contributed by atoms with Crippen LogP contribution in [-0.2, 0) is 33.8 Å². The predicted molar refractivity (Wildman–Crippen MR) is 572 cm³/mol. The summed E-state index contributed by atoms with van der Waals surface area (Å²) in [6, 6.07) is 85.3. The largest absolute Gasteiger partial charge is 0.497 e. The monoisotopic (exact) mass is 2040 g/mol. The van der Waals surface area contributed by atoms with Gasteiger partial charge < -0.3 is 28.9 Å². The maximum atomic E-state index is 13.5. The maximum Gasteiger partial charge on any atom is 0.365 e. The molecule has 0 unspecified atom stereocenters. The number of rotatable bonds is 36. The highest BCUT2D eigenvalue weighted by molar-refractivity contribution is 8.01. The topological polar surface area (TPSA) is 305 Å². The molecular weight excluding hydrogens is 1930 g/mol. The van der Waals surface area contributed by atoms with Gasteiger partial charge in [-0.3, -0.25) is 33.2 Å². The average molecular weight is 2050 g/mol. The van der Waals surface area contributed by atoms with Crippen molar-refractivity contribution in [2.45, 2.75) is 143 Å². The van der Waals surface area contributed by atoms with Crippen LogP contribution >= 0.6 is 82.2 Å². The summed E-state index contributed by atoms with van der Waals surface area (Å²) >= 11 is 15.1. The Morgan fingerprint density at radius 1 is 0.366 bits per heavy atom. The minimum Gasteiger partial charge on any atom is -0.497 e. The highest BCUT2D eigenvalue weighted by atomic mass is 35.5. The SMILES string of the molecule is C/C(=N\OC(=O)c1ccccc1)C(=O)c1ccc(SCCl)cc1.CC(=O)/C(=N\OC(=O)c1ccccc1)C(=O)c1ccc(Sc2ccccc2)cc1.CCCCCC/C(=N\OC(=O)c1ccccc1)C(=O)c1cc(C)cc(C)c1SC.CF.COc1ccc(C(=O)O/N=C(/C(=O)c2c(C)cc(SC)cc2C)c2ccccc2)cc1.CSc1cc(C)c(C(=O)/C(=N/OC(=O)C(C)(C)C)c2ccccc2)cc1SC. The Morgan fingerprint density at radius 2 is 0.782 bits per heavy atom. The molecule has 0 spiro atoms. The summed E-state index contributed by atoms with van der Waals surface area (Å²) in [6.07, 6.45) is 12.5. The number of benzene rings is 12. The lowest BCUT2D eigenvalue weighted by atomic mass is 9.94. The lowest BCUT2D eigenvalue weighted by Gasteiger charge is -2.15. The number of hydrogen-bond donors (Lipinski definition) is 0. The van der Waals surface area contributed by atoms with Crippen LogP contribution in [0.4, 0.5) is 4.39 Å². The van der Waals surface area contributed by atoms with E-state index >= 15 is 0 Å². The van der Waals surface area contributed by atoms with E-state index in [0.29, 0.717) is 80.3 Å². The van der Waals surface area contributed by atoms with Gasteiger partial charge in [-0.25, -0.2) is 24.0 Å². The Morgan fingerprint density at radius 3 is 1.23 bits per heavy atom. The van der Waals surface area contributed by atoms with Crippen LogP contribution in [0.3, 0.4) is 0 Å². The van der Waals surface area contributed by atoms with Crippen molar-refractivity contribution in [3.8, 4) is 5.75 Å². The number of ketones is 6. The second-order valence-corrected chi connectivity index (χ2v) is 38.0. The zero-order chi connectivity index (χ0) is 104. The lowest BCUT2D eigenvalue weighted by molar-refractivity contribution is -0.152. The zero-order valence-electron chi connectivity index (χ0n) is 81.8. The van der Waals surface area contributed by atoms with Gasteiger partial charge in [-0.05, 0) is 274 Å². The van der Waals surface area contributed by atoms with Gasteiger partial charge in [0.15, 0.2) is 22.9 Å². The first-order valence-electron chi connectivity index (χ1n) is 44.4. The minimum absolute atomic E-state index is 0.0746. The van der Waals surface area contributed by atoms with Crippen molar-refractivity contribution in [1.82, 2.24) is 0 Å². The summed E-state index contributed by atoms with van der Waals surface area (Å²) in [5, 5.41) is 19.6. The molecule has 12 aromatic carbocycles. The fourth-order valence-electron chi connectivity index (χ4n) is 13.0. The van der Waals surface area contributed by atoms with Crippen LogP contribution in [0.25, 0.3) is 0 Å². The Balaban J connectivity index is 0.000000241. The average Bonchev–Trinajstić information content (AvgIpc) is 0.804. The number of methoxy groups -OCH3 is 1. The van der Waals surface area contributed by atoms with Gasteiger partial charge in [0.05, 0.1) is 47.2 Å². The smallest absolute Gasteiger partial charge is 0.365 e. The number of hydrogen-bond acceptors (Lipinski definition) is 28. The van der Waals surface area contributed by atoms with Crippen LogP contribution in [0.5, 0.6) is 5.75 Å².